The van der Waals surface area contributed by atoms with Crippen molar-refractivity contribution in [1.82, 2.24) is 14.5 Å². The van der Waals surface area contributed by atoms with E-state index in [0.29, 0.717) is 15.6 Å². The Bertz CT molecular complexity index is 682. The molecule has 5 nitrogen and oxygen atoms in total. The van der Waals surface area contributed by atoms with Gasteiger partial charge in [-0.25, -0.2) is 18.7 Å². The van der Waals surface area contributed by atoms with Gasteiger partial charge in [-0.1, -0.05) is 0 Å². The minimum atomic E-state index is -2.96. The van der Waals surface area contributed by atoms with Crippen molar-refractivity contribution in [2.75, 3.05) is 7.11 Å². The van der Waals surface area contributed by atoms with Gasteiger partial charge in [0.05, 0.1) is 24.9 Å². The third kappa shape index (κ3) is 3.20. The van der Waals surface area contributed by atoms with E-state index in [0.717, 1.165) is 6.92 Å². The van der Waals surface area contributed by atoms with Crippen LogP contribution in [0.4, 0.5) is 8.78 Å². The molecule has 1 atom stereocenters. The second-order valence-corrected chi connectivity index (χ2v) is 5.59. The number of aromatic nitrogens is 3. The van der Waals surface area contributed by atoms with E-state index in [4.69, 9.17) is 0 Å². The fraction of sp³-hybridized carbons (Fsp3) is 0.462. The summed E-state index contributed by atoms with van der Waals surface area (Å²) in [6, 6.07) is 0.446. The molecule has 2 aromatic heterocycles. The van der Waals surface area contributed by atoms with Gasteiger partial charge in [-0.3, -0.25) is 4.79 Å². The highest BCUT2D eigenvalue weighted by Gasteiger charge is 2.34. The van der Waals surface area contributed by atoms with Gasteiger partial charge in [-0.2, -0.15) is 0 Å². The van der Waals surface area contributed by atoms with E-state index in [2.05, 4.69) is 30.6 Å². The number of fused-ring (bicyclic) bond motifs is 1. The van der Waals surface area contributed by atoms with Gasteiger partial charge in [0.2, 0.25) is 0 Å². The molecule has 21 heavy (non-hydrogen) atoms. The summed E-state index contributed by atoms with van der Waals surface area (Å²) >= 11 is 3.21. The molecule has 8 heteroatoms. The monoisotopic (exact) mass is 361 g/mol. The van der Waals surface area contributed by atoms with E-state index in [1.165, 1.54) is 24.8 Å². The number of hydrogen-bond donors (Lipinski definition) is 0. The van der Waals surface area contributed by atoms with Gasteiger partial charge in [0.1, 0.15) is 22.4 Å². The zero-order valence-electron chi connectivity index (χ0n) is 11.7. The molecule has 0 radical (unpaired) electrons. The van der Waals surface area contributed by atoms with Crippen molar-refractivity contribution in [2.45, 2.75) is 32.2 Å². The van der Waals surface area contributed by atoms with Gasteiger partial charge in [0.25, 0.3) is 5.92 Å². The fourth-order valence-corrected chi connectivity index (χ4v) is 2.33. The highest BCUT2D eigenvalue weighted by Crippen LogP contribution is 2.33. The lowest BCUT2D eigenvalue weighted by Gasteiger charge is -2.23. The Hall–Kier alpha value is -1.57. The maximum atomic E-state index is 13.7. The molecule has 114 valence electrons. The molecule has 0 aliphatic heterocycles. The number of carbonyl (C=O) groups is 1. The molecule has 2 heterocycles. The summed E-state index contributed by atoms with van der Waals surface area (Å²) in [4.78, 5) is 19.7. The molecule has 0 saturated heterocycles. The Kier molecular flexibility index (Phi) is 4.27. The fourth-order valence-electron chi connectivity index (χ4n) is 2.01. The van der Waals surface area contributed by atoms with Crippen LogP contribution in [0.15, 0.2) is 16.9 Å². The first kappa shape index (κ1) is 15.8. The zero-order chi connectivity index (χ0) is 15.8. The summed E-state index contributed by atoms with van der Waals surface area (Å²) in [6.07, 6.45) is 1.29. The topological polar surface area (TPSA) is 57.0 Å². The quantitative estimate of drug-likeness (QED) is 0.620. The molecule has 2 aromatic rings. The van der Waals surface area contributed by atoms with E-state index < -0.39 is 17.9 Å². The van der Waals surface area contributed by atoms with Crippen LogP contribution in [0.3, 0.4) is 0 Å². The van der Waals surface area contributed by atoms with Gasteiger partial charge >= 0.3 is 5.97 Å². The third-order valence-corrected chi connectivity index (χ3v) is 3.70. The highest BCUT2D eigenvalue weighted by molar-refractivity contribution is 9.10. The molecule has 0 spiro atoms. The van der Waals surface area contributed by atoms with E-state index >= 15 is 0 Å². The van der Waals surface area contributed by atoms with Crippen molar-refractivity contribution >= 4 is 32.9 Å². The molecule has 0 bridgehead atoms. The first-order valence-corrected chi connectivity index (χ1v) is 7.00. The predicted octanol–water partition coefficient (Wildman–Crippen LogP) is 3.13. The largest absolute Gasteiger partial charge is 0.469 e. The maximum Gasteiger partial charge on any atom is 0.313 e. The normalized spacial score (nSPS) is 13.4. The second kappa shape index (κ2) is 5.67. The Balaban J connectivity index is 2.64. The van der Waals surface area contributed by atoms with Crippen LogP contribution < -0.4 is 0 Å². The molecule has 2 rings (SSSR count). The number of ether oxygens (including phenoxy) is 1. The number of imidazole rings is 1. The Morgan fingerprint density at radius 1 is 1.57 bits per heavy atom. The number of nitrogens with zero attached hydrogens (tertiary/aromatic N) is 3. The summed E-state index contributed by atoms with van der Waals surface area (Å²) < 4.78 is 33.9. The molecule has 0 aliphatic rings. The molecule has 0 amide bonds. The van der Waals surface area contributed by atoms with Gasteiger partial charge in [-0.15, -0.1) is 0 Å². The summed E-state index contributed by atoms with van der Waals surface area (Å²) in [5.41, 5.74) is 0.943. The average molecular weight is 362 g/mol. The lowest BCUT2D eigenvalue weighted by atomic mass is 10.2. The SMILES string of the molecule is COC(=O)Cc1nc2cnc(Br)cc2n1[C@@H](C)C(C)(F)F. The smallest absolute Gasteiger partial charge is 0.313 e. The van der Waals surface area contributed by atoms with Crippen molar-refractivity contribution < 1.29 is 18.3 Å². The number of hydrogen-bond acceptors (Lipinski definition) is 4. The van der Waals surface area contributed by atoms with Gasteiger partial charge in [-0.05, 0) is 28.9 Å². The van der Waals surface area contributed by atoms with E-state index in [9.17, 15) is 13.6 Å². The summed E-state index contributed by atoms with van der Waals surface area (Å²) in [5, 5.41) is 0. The van der Waals surface area contributed by atoms with Crippen LogP contribution in [-0.4, -0.2) is 33.5 Å². The molecule has 0 aromatic carbocycles. The number of methoxy groups -OCH3 is 1. The standard InChI is InChI=1S/C13H14BrF2N3O2/c1-7(13(2,15)16)19-9-4-10(14)17-6-8(9)18-11(19)5-12(20)21-3/h4,6-7H,5H2,1-3H3/t7-/m0/s1. The molecule has 0 fully saturated rings. The number of rotatable bonds is 4. The summed E-state index contributed by atoms with van der Waals surface area (Å²) in [5.74, 6) is -3.27. The molecular formula is C13H14BrF2N3O2. The number of halogens is 3. The van der Waals surface area contributed by atoms with Crippen LogP contribution >= 0.6 is 15.9 Å². The third-order valence-electron chi connectivity index (χ3n) is 3.27. The Morgan fingerprint density at radius 2 is 2.24 bits per heavy atom. The second-order valence-electron chi connectivity index (χ2n) is 4.78. The van der Waals surface area contributed by atoms with Crippen LogP contribution in [-0.2, 0) is 16.0 Å². The van der Waals surface area contributed by atoms with Crippen LogP contribution in [0, 0.1) is 0 Å². The summed E-state index contributed by atoms with van der Waals surface area (Å²) in [6.45, 7) is 2.22. The molecule has 0 unspecified atom stereocenters. The van der Waals surface area contributed by atoms with Crippen LogP contribution in [0.1, 0.15) is 25.7 Å². The zero-order valence-corrected chi connectivity index (χ0v) is 13.3. The lowest BCUT2D eigenvalue weighted by Crippen LogP contribution is -2.27. The van der Waals surface area contributed by atoms with Gasteiger partial charge in [0.15, 0.2) is 0 Å². The number of esters is 1. The molecule has 0 saturated carbocycles. The van der Waals surface area contributed by atoms with Crippen molar-refractivity contribution in [3.05, 3.63) is 22.7 Å². The van der Waals surface area contributed by atoms with Crippen molar-refractivity contribution in [3.63, 3.8) is 0 Å². The van der Waals surface area contributed by atoms with E-state index in [1.807, 2.05) is 0 Å². The van der Waals surface area contributed by atoms with Crippen molar-refractivity contribution in [3.8, 4) is 0 Å². The molecule has 0 N–H and O–H groups in total. The first-order chi connectivity index (χ1) is 9.74. The summed E-state index contributed by atoms with van der Waals surface area (Å²) in [7, 11) is 1.24. The highest BCUT2D eigenvalue weighted by atomic mass is 79.9. The van der Waals surface area contributed by atoms with Crippen LogP contribution in [0.5, 0.6) is 0 Å². The first-order valence-electron chi connectivity index (χ1n) is 6.21. The number of pyridine rings is 1. The Labute approximate surface area is 128 Å². The Morgan fingerprint density at radius 3 is 2.81 bits per heavy atom. The van der Waals surface area contributed by atoms with Crippen molar-refractivity contribution in [2.24, 2.45) is 0 Å². The van der Waals surface area contributed by atoms with Gasteiger partial charge < -0.3 is 9.30 Å². The van der Waals surface area contributed by atoms with E-state index in [-0.39, 0.29) is 12.2 Å². The molecular weight excluding hydrogens is 348 g/mol. The minimum Gasteiger partial charge on any atom is -0.469 e. The van der Waals surface area contributed by atoms with E-state index in [1.54, 1.807) is 6.07 Å². The minimum absolute atomic E-state index is 0.177. The maximum absolute atomic E-state index is 13.7. The average Bonchev–Trinajstić information content (AvgIpc) is 2.73. The number of alkyl halides is 2. The molecule has 0 aliphatic carbocycles. The van der Waals surface area contributed by atoms with Crippen molar-refractivity contribution in [1.29, 1.82) is 0 Å². The lowest BCUT2D eigenvalue weighted by molar-refractivity contribution is -0.140. The van der Waals surface area contributed by atoms with Gasteiger partial charge in [0, 0.05) is 6.92 Å². The van der Waals surface area contributed by atoms with Crippen LogP contribution in [0.25, 0.3) is 11.0 Å². The predicted molar refractivity (Wildman–Crippen MR) is 76.3 cm³/mol. The number of carbonyl (C=O) groups excluding carboxylic acids is 1. The van der Waals surface area contributed by atoms with Crippen LogP contribution in [0.2, 0.25) is 0 Å².